The number of halogens is 2. The van der Waals surface area contributed by atoms with Gasteiger partial charge in [-0.3, -0.25) is 9.59 Å². The summed E-state index contributed by atoms with van der Waals surface area (Å²) in [6.07, 6.45) is 0.494. The Bertz CT molecular complexity index is 1380. The molecule has 4 aromatic carbocycles. The Morgan fingerprint density at radius 1 is 0.795 bits per heavy atom. The number of methoxy groups -OCH3 is 1. The summed E-state index contributed by atoms with van der Waals surface area (Å²) in [4.78, 5) is 29.3. The molecule has 0 saturated heterocycles. The Kier molecular flexibility index (Phi) is 10.0. The lowest BCUT2D eigenvalue weighted by Crippen LogP contribution is -2.50. The highest BCUT2D eigenvalue weighted by Crippen LogP contribution is 2.20. The minimum Gasteiger partial charge on any atom is -0.497 e. The highest BCUT2D eigenvalue weighted by molar-refractivity contribution is 6.31. The van der Waals surface area contributed by atoms with E-state index in [4.69, 9.17) is 27.9 Å². The zero-order valence-corrected chi connectivity index (χ0v) is 23.2. The molecule has 0 bridgehead atoms. The third-order valence-corrected chi connectivity index (χ3v) is 7.08. The quantitative estimate of drug-likeness (QED) is 0.228. The van der Waals surface area contributed by atoms with E-state index in [2.05, 4.69) is 5.32 Å². The van der Waals surface area contributed by atoms with E-state index < -0.39 is 6.04 Å². The molecule has 0 unspecified atom stereocenters. The summed E-state index contributed by atoms with van der Waals surface area (Å²) in [5, 5.41) is 4.19. The number of carbonyl (C=O) groups is 2. The molecular formula is C32H30Cl2N2O3. The molecule has 1 N–H and O–H groups in total. The molecule has 0 aromatic heterocycles. The lowest BCUT2D eigenvalue weighted by Gasteiger charge is -2.32. The van der Waals surface area contributed by atoms with Crippen molar-refractivity contribution >= 4 is 35.0 Å². The SMILES string of the molecule is COc1ccc(CN(C(=O)Cc2ccc(Cl)cc2)[C@@H](Cc2ccccc2)C(=O)NCc2ccccc2Cl)cc1. The Morgan fingerprint density at radius 2 is 1.44 bits per heavy atom. The molecule has 7 heteroatoms. The summed E-state index contributed by atoms with van der Waals surface area (Å²) in [5.74, 6) is 0.301. The van der Waals surface area contributed by atoms with Crippen molar-refractivity contribution in [1.82, 2.24) is 10.2 Å². The monoisotopic (exact) mass is 560 g/mol. The van der Waals surface area contributed by atoms with Crippen LogP contribution in [0.4, 0.5) is 0 Å². The molecule has 200 valence electrons. The van der Waals surface area contributed by atoms with E-state index in [1.807, 2.05) is 84.9 Å². The Balaban J connectivity index is 1.65. The molecule has 0 spiro atoms. The second kappa shape index (κ2) is 13.8. The fourth-order valence-electron chi connectivity index (χ4n) is 4.30. The predicted octanol–water partition coefficient (Wildman–Crippen LogP) is 6.50. The van der Waals surface area contributed by atoms with E-state index in [1.165, 1.54) is 0 Å². The van der Waals surface area contributed by atoms with Crippen LogP contribution in [0, 0.1) is 0 Å². The summed E-state index contributed by atoms with van der Waals surface area (Å²) in [7, 11) is 1.61. The van der Waals surface area contributed by atoms with Crippen molar-refractivity contribution in [3.05, 3.63) is 135 Å². The van der Waals surface area contributed by atoms with Gasteiger partial charge in [0.15, 0.2) is 0 Å². The van der Waals surface area contributed by atoms with Gasteiger partial charge in [0.2, 0.25) is 11.8 Å². The molecule has 2 amide bonds. The third-order valence-electron chi connectivity index (χ3n) is 6.46. The molecule has 0 radical (unpaired) electrons. The first-order chi connectivity index (χ1) is 18.9. The molecule has 4 aromatic rings. The van der Waals surface area contributed by atoms with E-state index >= 15 is 0 Å². The maximum atomic E-state index is 13.9. The Labute approximate surface area is 239 Å². The van der Waals surface area contributed by atoms with E-state index in [9.17, 15) is 9.59 Å². The van der Waals surface area contributed by atoms with Crippen molar-refractivity contribution in [2.24, 2.45) is 0 Å². The molecule has 0 heterocycles. The van der Waals surface area contributed by atoms with Gasteiger partial charge in [0.1, 0.15) is 11.8 Å². The molecule has 0 saturated carbocycles. The van der Waals surface area contributed by atoms with Gasteiger partial charge in [0.25, 0.3) is 0 Å². The van der Waals surface area contributed by atoms with Crippen molar-refractivity contribution in [2.75, 3.05) is 7.11 Å². The predicted molar refractivity (Wildman–Crippen MR) is 156 cm³/mol. The minimum atomic E-state index is -0.753. The van der Waals surface area contributed by atoms with Crippen LogP contribution in [-0.4, -0.2) is 29.9 Å². The van der Waals surface area contributed by atoms with Gasteiger partial charge in [0.05, 0.1) is 13.5 Å². The second-order valence-corrected chi connectivity index (χ2v) is 10.0. The Hall–Kier alpha value is -3.80. The van der Waals surface area contributed by atoms with Gasteiger partial charge in [-0.2, -0.15) is 0 Å². The van der Waals surface area contributed by atoms with Crippen LogP contribution in [0.1, 0.15) is 22.3 Å². The van der Waals surface area contributed by atoms with Crippen molar-refractivity contribution in [2.45, 2.75) is 32.0 Å². The molecule has 5 nitrogen and oxygen atoms in total. The number of nitrogens with zero attached hydrogens (tertiary/aromatic N) is 1. The van der Waals surface area contributed by atoms with E-state index in [1.54, 1.807) is 30.2 Å². The van der Waals surface area contributed by atoms with Crippen LogP contribution in [0.25, 0.3) is 0 Å². The fourth-order valence-corrected chi connectivity index (χ4v) is 4.63. The summed E-state index contributed by atoms with van der Waals surface area (Å²) >= 11 is 12.4. The highest BCUT2D eigenvalue weighted by Gasteiger charge is 2.30. The van der Waals surface area contributed by atoms with Crippen LogP contribution in [0.3, 0.4) is 0 Å². The second-order valence-electron chi connectivity index (χ2n) is 9.19. The lowest BCUT2D eigenvalue weighted by molar-refractivity contribution is -0.140. The van der Waals surface area contributed by atoms with Gasteiger partial charge in [-0.05, 0) is 52.6 Å². The topological polar surface area (TPSA) is 58.6 Å². The van der Waals surface area contributed by atoms with Crippen LogP contribution in [0.2, 0.25) is 10.0 Å². The number of hydrogen-bond donors (Lipinski definition) is 1. The summed E-state index contributed by atoms with van der Waals surface area (Å²) in [6.45, 7) is 0.513. The van der Waals surface area contributed by atoms with Gasteiger partial charge < -0.3 is 15.0 Å². The van der Waals surface area contributed by atoms with Gasteiger partial charge in [-0.1, -0.05) is 96.0 Å². The first-order valence-electron chi connectivity index (χ1n) is 12.6. The van der Waals surface area contributed by atoms with Crippen molar-refractivity contribution in [3.63, 3.8) is 0 Å². The smallest absolute Gasteiger partial charge is 0.243 e. The van der Waals surface area contributed by atoms with Crippen molar-refractivity contribution < 1.29 is 14.3 Å². The molecular weight excluding hydrogens is 531 g/mol. The normalized spacial score (nSPS) is 11.5. The maximum Gasteiger partial charge on any atom is 0.243 e. The minimum absolute atomic E-state index is 0.135. The molecule has 0 fully saturated rings. The van der Waals surface area contributed by atoms with E-state index in [0.29, 0.717) is 16.5 Å². The standard InChI is InChI=1S/C32H30Cl2N2O3/c1-39-28-17-13-25(14-18-28)22-36(31(37)20-24-11-15-27(33)16-12-24)30(19-23-7-3-2-4-8-23)32(38)35-21-26-9-5-6-10-29(26)34/h2-18,30H,19-22H2,1H3,(H,35,38)/t30-/m0/s1. The summed E-state index contributed by atoms with van der Waals surface area (Å²) in [5.41, 5.74) is 3.46. The maximum absolute atomic E-state index is 13.9. The lowest BCUT2D eigenvalue weighted by atomic mass is 10.0. The van der Waals surface area contributed by atoms with E-state index in [0.717, 1.165) is 28.0 Å². The van der Waals surface area contributed by atoms with Crippen molar-refractivity contribution in [3.8, 4) is 5.75 Å². The molecule has 1 atom stereocenters. The van der Waals surface area contributed by atoms with Crippen LogP contribution in [0.15, 0.2) is 103 Å². The number of hydrogen-bond acceptors (Lipinski definition) is 3. The number of nitrogens with one attached hydrogen (secondary N) is 1. The summed E-state index contributed by atoms with van der Waals surface area (Å²) < 4.78 is 5.29. The Morgan fingerprint density at radius 3 is 2.10 bits per heavy atom. The number of carbonyl (C=O) groups excluding carboxylic acids is 2. The van der Waals surface area contributed by atoms with Crippen LogP contribution >= 0.6 is 23.2 Å². The zero-order chi connectivity index (χ0) is 27.6. The fraction of sp³-hybridized carbons (Fsp3) is 0.188. The molecule has 0 aliphatic rings. The molecule has 4 rings (SSSR count). The van der Waals surface area contributed by atoms with Gasteiger partial charge >= 0.3 is 0 Å². The van der Waals surface area contributed by atoms with Crippen LogP contribution < -0.4 is 10.1 Å². The zero-order valence-electron chi connectivity index (χ0n) is 21.6. The van der Waals surface area contributed by atoms with Gasteiger partial charge in [-0.25, -0.2) is 0 Å². The molecule has 0 aliphatic heterocycles. The number of amides is 2. The average Bonchev–Trinajstić information content (AvgIpc) is 2.96. The number of benzene rings is 4. The van der Waals surface area contributed by atoms with Crippen LogP contribution in [-0.2, 0) is 35.5 Å². The summed E-state index contributed by atoms with van der Waals surface area (Å²) in [6, 6.07) is 31.0. The highest BCUT2D eigenvalue weighted by atomic mass is 35.5. The molecule has 39 heavy (non-hydrogen) atoms. The average molecular weight is 562 g/mol. The van der Waals surface area contributed by atoms with Crippen LogP contribution in [0.5, 0.6) is 5.75 Å². The number of ether oxygens (including phenoxy) is 1. The van der Waals surface area contributed by atoms with Gasteiger partial charge in [-0.15, -0.1) is 0 Å². The first-order valence-corrected chi connectivity index (χ1v) is 13.4. The first kappa shape index (κ1) is 28.2. The third kappa shape index (κ3) is 8.09. The largest absolute Gasteiger partial charge is 0.497 e. The molecule has 0 aliphatic carbocycles. The van der Waals surface area contributed by atoms with E-state index in [-0.39, 0.29) is 31.3 Å². The van der Waals surface area contributed by atoms with Crippen molar-refractivity contribution in [1.29, 1.82) is 0 Å². The van der Waals surface area contributed by atoms with Gasteiger partial charge in [0, 0.05) is 29.6 Å². The number of rotatable bonds is 11.